The number of tetrazole rings is 1. The van der Waals surface area contributed by atoms with Gasteiger partial charge in [0.1, 0.15) is 4.21 Å². The van der Waals surface area contributed by atoms with Crippen molar-refractivity contribution in [2.24, 2.45) is 0 Å². The number of nitrogens with one attached hydrogen (secondary N) is 1. The second-order valence-corrected chi connectivity index (χ2v) is 6.88. The highest BCUT2D eigenvalue weighted by molar-refractivity contribution is 7.94. The third-order valence-corrected chi connectivity index (χ3v) is 5.32. The molecule has 98 valence electrons. The van der Waals surface area contributed by atoms with Crippen LogP contribution in [0.2, 0.25) is 0 Å². The van der Waals surface area contributed by atoms with Crippen LogP contribution in [0.5, 0.6) is 0 Å². The first kappa shape index (κ1) is 13.0. The molecule has 0 saturated heterocycles. The number of aryl methyl sites for hydroxylation is 3. The Hall–Kier alpha value is -1.48. The van der Waals surface area contributed by atoms with Gasteiger partial charge in [-0.1, -0.05) is 5.10 Å². The van der Waals surface area contributed by atoms with Crippen LogP contribution in [0.15, 0.2) is 10.3 Å². The highest BCUT2D eigenvalue weighted by Gasteiger charge is 2.19. The number of sulfonamides is 1. The average molecular weight is 287 g/mol. The Kier molecular flexibility index (Phi) is 3.35. The second kappa shape index (κ2) is 4.65. The maximum absolute atomic E-state index is 12.0. The van der Waals surface area contributed by atoms with Crippen LogP contribution in [0, 0.1) is 13.8 Å². The Morgan fingerprint density at radius 2 is 2.17 bits per heavy atom. The normalized spacial score (nSPS) is 11.7. The van der Waals surface area contributed by atoms with Crippen molar-refractivity contribution in [3.8, 4) is 0 Å². The molecule has 0 atom stereocenters. The summed E-state index contributed by atoms with van der Waals surface area (Å²) in [7, 11) is -3.62. The number of aromatic nitrogens is 4. The molecule has 0 aromatic carbocycles. The highest BCUT2D eigenvalue weighted by Crippen LogP contribution is 2.25. The molecule has 0 radical (unpaired) electrons. The third-order valence-electron chi connectivity index (χ3n) is 2.37. The minimum absolute atomic E-state index is 0.0134. The topological polar surface area (TPSA) is 89.8 Å². The lowest BCUT2D eigenvalue weighted by Gasteiger charge is -2.00. The van der Waals surface area contributed by atoms with Crippen LogP contribution in [0.4, 0.5) is 5.95 Å². The monoisotopic (exact) mass is 287 g/mol. The van der Waals surface area contributed by atoms with Gasteiger partial charge in [0.15, 0.2) is 0 Å². The predicted octanol–water partition coefficient (Wildman–Crippen LogP) is 1.17. The Morgan fingerprint density at radius 3 is 2.67 bits per heavy atom. The quantitative estimate of drug-likeness (QED) is 0.911. The zero-order valence-corrected chi connectivity index (χ0v) is 11.8. The minimum atomic E-state index is -3.62. The molecule has 0 aliphatic carbocycles. The summed E-state index contributed by atoms with van der Waals surface area (Å²) in [5, 5.41) is 11.2. The van der Waals surface area contributed by atoms with Crippen molar-refractivity contribution in [2.75, 3.05) is 4.72 Å². The first-order valence-electron chi connectivity index (χ1n) is 5.30. The zero-order valence-electron chi connectivity index (χ0n) is 10.2. The molecule has 18 heavy (non-hydrogen) atoms. The van der Waals surface area contributed by atoms with Gasteiger partial charge in [0.2, 0.25) is 0 Å². The van der Waals surface area contributed by atoms with Crippen LogP contribution >= 0.6 is 11.3 Å². The summed E-state index contributed by atoms with van der Waals surface area (Å²) in [5.74, 6) is -0.0134. The average Bonchev–Trinajstić information content (AvgIpc) is 2.87. The van der Waals surface area contributed by atoms with Crippen LogP contribution in [0.1, 0.15) is 17.4 Å². The van der Waals surface area contributed by atoms with Gasteiger partial charge in [-0.3, -0.25) is 0 Å². The van der Waals surface area contributed by atoms with Gasteiger partial charge in [0.25, 0.3) is 16.0 Å². The van der Waals surface area contributed by atoms with E-state index in [1.54, 1.807) is 6.07 Å². The molecule has 7 nitrogen and oxygen atoms in total. The largest absolute Gasteiger partial charge is 0.277 e. The van der Waals surface area contributed by atoms with Gasteiger partial charge >= 0.3 is 0 Å². The molecule has 2 aromatic rings. The number of hydrogen-bond donors (Lipinski definition) is 1. The van der Waals surface area contributed by atoms with Gasteiger partial charge in [0.05, 0.1) is 6.54 Å². The van der Waals surface area contributed by atoms with Gasteiger partial charge in [-0.05, 0) is 37.6 Å². The summed E-state index contributed by atoms with van der Waals surface area (Å²) in [6, 6.07) is 1.63. The lowest BCUT2D eigenvalue weighted by atomic mass is 10.3. The molecule has 9 heteroatoms. The van der Waals surface area contributed by atoms with E-state index in [0.29, 0.717) is 6.54 Å². The molecule has 0 saturated carbocycles. The van der Waals surface area contributed by atoms with E-state index in [1.807, 2.05) is 20.8 Å². The summed E-state index contributed by atoms with van der Waals surface area (Å²) in [5.41, 5.74) is 0.950. The molecule has 2 heterocycles. The number of anilines is 1. The maximum Gasteiger partial charge on any atom is 0.277 e. The Bertz CT molecular complexity index is 639. The maximum atomic E-state index is 12.0. The molecule has 0 aliphatic heterocycles. The van der Waals surface area contributed by atoms with E-state index >= 15 is 0 Å². The lowest BCUT2D eigenvalue weighted by molar-refractivity contribution is 0.553. The number of nitrogens with zero attached hydrogens (tertiary/aromatic N) is 4. The molecule has 0 unspecified atom stereocenters. The number of hydrogen-bond acceptors (Lipinski definition) is 6. The molecule has 2 rings (SSSR count). The fourth-order valence-corrected chi connectivity index (χ4v) is 3.71. The minimum Gasteiger partial charge on any atom is -0.244 e. The fraction of sp³-hybridized carbons (Fsp3) is 0.444. The van der Waals surface area contributed by atoms with Crippen LogP contribution < -0.4 is 4.72 Å². The molecule has 0 fully saturated rings. The van der Waals surface area contributed by atoms with Crippen LogP contribution in [-0.4, -0.2) is 28.6 Å². The van der Waals surface area contributed by atoms with Crippen molar-refractivity contribution in [3.63, 3.8) is 0 Å². The lowest BCUT2D eigenvalue weighted by Crippen LogP contribution is -2.13. The van der Waals surface area contributed by atoms with Crippen molar-refractivity contribution in [1.29, 1.82) is 0 Å². The van der Waals surface area contributed by atoms with Crippen molar-refractivity contribution in [1.82, 2.24) is 20.2 Å². The summed E-state index contributed by atoms with van der Waals surface area (Å²) in [6.45, 7) is 6.12. The molecular formula is C9H13N5O2S2. The number of thiophene rings is 1. The molecular weight excluding hydrogens is 274 g/mol. The summed E-state index contributed by atoms with van der Waals surface area (Å²) >= 11 is 1.22. The van der Waals surface area contributed by atoms with Crippen molar-refractivity contribution in [2.45, 2.75) is 31.5 Å². The Morgan fingerprint density at radius 1 is 1.44 bits per heavy atom. The van der Waals surface area contributed by atoms with Crippen molar-refractivity contribution >= 4 is 27.3 Å². The predicted molar refractivity (Wildman–Crippen MR) is 68.1 cm³/mol. The van der Waals surface area contributed by atoms with Crippen molar-refractivity contribution < 1.29 is 8.42 Å². The molecule has 0 bridgehead atoms. The molecule has 0 amide bonds. The van der Waals surface area contributed by atoms with E-state index < -0.39 is 10.0 Å². The van der Waals surface area contributed by atoms with Crippen molar-refractivity contribution in [3.05, 3.63) is 16.5 Å². The summed E-state index contributed by atoms with van der Waals surface area (Å²) < 4.78 is 26.7. The smallest absolute Gasteiger partial charge is 0.244 e. The Labute approximate surface area is 109 Å². The van der Waals surface area contributed by atoms with Crippen LogP contribution in [0.25, 0.3) is 0 Å². The van der Waals surface area contributed by atoms with Gasteiger partial charge < -0.3 is 0 Å². The van der Waals surface area contributed by atoms with E-state index in [2.05, 4.69) is 20.1 Å². The van der Waals surface area contributed by atoms with Gasteiger partial charge in [-0.25, -0.2) is 13.1 Å². The second-order valence-electron chi connectivity index (χ2n) is 3.71. The van der Waals surface area contributed by atoms with Gasteiger partial charge in [-0.15, -0.1) is 16.4 Å². The molecule has 1 N–H and O–H groups in total. The Balaban J connectivity index is 2.26. The SMILES string of the molecule is CCn1nnc(NS(=O)(=O)c2cc(C)c(C)s2)n1. The molecule has 0 aliphatic rings. The fourth-order valence-electron chi connectivity index (χ4n) is 1.26. The third kappa shape index (κ3) is 2.51. The summed E-state index contributed by atoms with van der Waals surface area (Å²) in [6.07, 6.45) is 0. The standard InChI is InChI=1S/C9H13N5O2S2/c1-4-14-11-9(10-13-14)12-18(15,16)8-5-6(2)7(3)17-8/h5H,4H2,1-3H3,(H,11,12). The van der Waals surface area contributed by atoms with E-state index in [-0.39, 0.29) is 10.2 Å². The van der Waals surface area contributed by atoms with Gasteiger partial charge in [0, 0.05) is 4.88 Å². The van der Waals surface area contributed by atoms with E-state index in [1.165, 1.54) is 16.1 Å². The van der Waals surface area contributed by atoms with E-state index in [4.69, 9.17) is 0 Å². The van der Waals surface area contributed by atoms with E-state index in [9.17, 15) is 8.42 Å². The number of rotatable bonds is 4. The highest BCUT2D eigenvalue weighted by atomic mass is 32.2. The first-order chi connectivity index (χ1) is 8.42. The van der Waals surface area contributed by atoms with E-state index in [0.717, 1.165) is 10.4 Å². The summed E-state index contributed by atoms with van der Waals surface area (Å²) in [4.78, 5) is 2.28. The van der Waals surface area contributed by atoms with Crippen LogP contribution in [-0.2, 0) is 16.6 Å². The zero-order chi connectivity index (χ0) is 13.3. The van der Waals surface area contributed by atoms with Crippen LogP contribution in [0.3, 0.4) is 0 Å². The van der Waals surface area contributed by atoms with Gasteiger partial charge in [-0.2, -0.15) is 4.80 Å². The molecule has 2 aromatic heterocycles. The first-order valence-corrected chi connectivity index (χ1v) is 7.60. The molecule has 0 spiro atoms.